The van der Waals surface area contributed by atoms with Crippen LogP contribution in [0.3, 0.4) is 0 Å². The summed E-state index contributed by atoms with van der Waals surface area (Å²) in [5, 5.41) is 18.4. The van der Waals surface area contributed by atoms with Gasteiger partial charge in [-0.25, -0.2) is 0 Å². The van der Waals surface area contributed by atoms with Crippen LogP contribution in [0.4, 0.5) is 0 Å². The number of allylic oxidation sites excluding steroid dienone is 1. The summed E-state index contributed by atoms with van der Waals surface area (Å²) in [6.07, 6.45) is 2.54. The minimum absolute atomic E-state index is 0.733. The third-order valence-electron chi connectivity index (χ3n) is 2.49. The predicted octanol–water partition coefficient (Wildman–Crippen LogP) is 1.76. The van der Waals surface area contributed by atoms with Gasteiger partial charge in [-0.3, -0.25) is 0 Å². The standard InChI is InChI=1S/C9H13NO/c1-7-8(6-10)4-3-5-9(7,2)11/h11H,3-5H2,1-2H3. The summed E-state index contributed by atoms with van der Waals surface area (Å²) in [6.45, 7) is 3.62. The van der Waals surface area contributed by atoms with Crippen molar-refractivity contribution in [1.29, 1.82) is 5.26 Å². The third kappa shape index (κ3) is 1.44. The van der Waals surface area contributed by atoms with Gasteiger partial charge in [-0.15, -0.1) is 0 Å². The van der Waals surface area contributed by atoms with Crippen LogP contribution in [0.5, 0.6) is 0 Å². The van der Waals surface area contributed by atoms with Gasteiger partial charge in [0.25, 0.3) is 0 Å². The summed E-state index contributed by atoms with van der Waals surface area (Å²) >= 11 is 0. The van der Waals surface area contributed by atoms with Crippen molar-refractivity contribution in [3.63, 3.8) is 0 Å². The monoisotopic (exact) mass is 151 g/mol. The van der Waals surface area contributed by atoms with Crippen LogP contribution in [0.2, 0.25) is 0 Å². The van der Waals surface area contributed by atoms with Gasteiger partial charge in [0, 0.05) is 5.57 Å². The maximum absolute atomic E-state index is 9.74. The highest BCUT2D eigenvalue weighted by atomic mass is 16.3. The number of nitrogens with zero attached hydrogens (tertiary/aromatic N) is 1. The molecule has 0 amide bonds. The van der Waals surface area contributed by atoms with E-state index in [0.717, 1.165) is 30.4 Å². The zero-order chi connectivity index (χ0) is 8.48. The highest BCUT2D eigenvalue weighted by Gasteiger charge is 2.28. The van der Waals surface area contributed by atoms with Crippen molar-refractivity contribution < 1.29 is 5.11 Å². The fraction of sp³-hybridized carbons (Fsp3) is 0.667. The Hall–Kier alpha value is -0.810. The maximum Gasteiger partial charge on any atom is 0.0947 e. The van der Waals surface area contributed by atoms with E-state index in [9.17, 15) is 5.11 Å². The number of nitriles is 1. The minimum atomic E-state index is -0.733. The molecule has 1 N–H and O–H groups in total. The van der Waals surface area contributed by atoms with Crippen molar-refractivity contribution in [2.75, 3.05) is 0 Å². The van der Waals surface area contributed by atoms with E-state index in [1.165, 1.54) is 0 Å². The number of aliphatic hydroxyl groups is 1. The van der Waals surface area contributed by atoms with Gasteiger partial charge in [0.1, 0.15) is 0 Å². The molecule has 0 bridgehead atoms. The van der Waals surface area contributed by atoms with E-state index in [-0.39, 0.29) is 0 Å². The summed E-state index contributed by atoms with van der Waals surface area (Å²) in [6, 6.07) is 2.13. The van der Waals surface area contributed by atoms with Gasteiger partial charge in [0.2, 0.25) is 0 Å². The Balaban J connectivity index is 3.01. The van der Waals surface area contributed by atoms with E-state index >= 15 is 0 Å². The zero-order valence-electron chi connectivity index (χ0n) is 7.02. The Morgan fingerprint density at radius 1 is 1.64 bits per heavy atom. The van der Waals surface area contributed by atoms with Gasteiger partial charge in [-0.1, -0.05) is 0 Å². The SMILES string of the molecule is CC1=C(C#N)CCCC1(C)O. The van der Waals surface area contributed by atoms with Crippen molar-refractivity contribution in [3.8, 4) is 6.07 Å². The van der Waals surface area contributed by atoms with Crippen molar-refractivity contribution in [2.24, 2.45) is 0 Å². The highest BCUT2D eigenvalue weighted by molar-refractivity contribution is 5.33. The lowest BCUT2D eigenvalue weighted by molar-refractivity contribution is 0.0801. The second-order valence-electron chi connectivity index (χ2n) is 3.34. The van der Waals surface area contributed by atoms with E-state index < -0.39 is 5.60 Å². The smallest absolute Gasteiger partial charge is 0.0947 e. The largest absolute Gasteiger partial charge is 0.386 e. The van der Waals surface area contributed by atoms with Crippen LogP contribution in [0, 0.1) is 11.3 Å². The molecule has 0 aromatic rings. The molecule has 11 heavy (non-hydrogen) atoms. The Kier molecular flexibility index (Phi) is 2.01. The van der Waals surface area contributed by atoms with E-state index in [1.54, 1.807) is 6.92 Å². The molecular weight excluding hydrogens is 138 g/mol. The summed E-state index contributed by atoms with van der Waals surface area (Å²) in [5.41, 5.74) is 0.885. The van der Waals surface area contributed by atoms with Crippen LogP contribution in [0.15, 0.2) is 11.1 Å². The second kappa shape index (κ2) is 2.67. The molecule has 1 rings (SSSR count). The van der Waals surface area contributed by atoms with Crippen LogP contribution < -0.4 is 0 Å². The molecule has 0 aromatic heterocycles. The Morgan fingerprint density at radius 3 is 2.73 bits per heavy atom. The third-order valence-corrected chi connectivity index (χ3v) is 2.49. The first-order valence-corrected chi connectivity index (χ1v) is 3.90. The Morgan fingerprint density at radius 2 is 2.27 bits per heavy atom. The fourth-order valence-corrected chi connectivity index (χ4v) is 1.45. The molecule has 2 nitrogen and oxygen atoms in total. The number of hydrogen-bond donors (Lipinski definition) is 1. The van der Waals surface area contributed by atoms with Gasteiger partial charge in [0.15, 0.2) is 0 Å². The highest BCUT2D eigenvalue weighted by Crippen LogP contribution is 2.32. The van der Waals surface area contributed by atoms with E-state index in [1.807, 2.05) is 6.92 Å². The van der Waals surface area contributed by atoms with Gasteiger partial charge in [-0.2, -0.15) is 5.26 Å². The molecule has 0 fully saturated rings. The molecule has 1 atom stereocenters. The van der Waals surface area contributed by atoms with Gasteiger partial charge in [0.05, 0.1) is 11.7 Å². The summed E-state index contributed by atoms with van der Waals surface area (Å²) < 4.78 is 0. The molecule has 0 spiro atoms. The molecule has 1 unspecified atom stereocenters. The molecule has 60 valence electrons. The molecule has 0 heterocycles. The average molecular weight is 151 g/mol. The second-order valence-corrected chi connectivity index (χ2v) is 3.34. The van der Waals surface area contributed by atoms with Crippen molar-refractivity contribution >= 4 is 0 Å². The quantitative estimate of drug-likeness (QED) is 0.573. The molecule has 0 saturated carbocycles. The average Bonchev–Trinajstić information content (AvgIpc) is 1.95. The normalized spacial score (nSPS) is 31.8. The molecular formula is C9H13NO. The first-order valence-electron chi connectivity index (χ1n) is 3.90. The van der Waals surface area contributed by atoms with Crippen molar-refractivity contribution in [2.45, 2.75) is 38.7 Å². The predicted molar refractivity (Wildman–Crippen MR) is 42.8 cm³/mol. The minimum Gasteiger partial charge on any atom is -0.386 e. The van der Waals surface area contributed by atoms with Crippen LogP contribution >= 0.6 is 0 Å². The van der Waals surface area contributed by atoms with Gasteiger partial charge >= 0.3 is 0 Å². The molecule has 2 heteroatoms. The molecule has 1 aliphatic carbocycles. The zero-order valence-corrected chi connectivity index (χ0v) is 7.02. The van der Waals surface area contributed by atoms with Crippen LogP contribution in [-0.4, -0.2) is 10.7 Å². The molecule has 0 saturated heterocycles. The molecule has 1 aliphatic rings. The van der Waals surface area contributed by atoms with Gasteiger partial charge < -0.3 is 5.11 Å². The maximum atomic E-state index is 9.74. The first kappa shape index (κ1) is 8.29. The topological polar surface area (TPSA) is 44.0 Å². The Labute approximate surface area is 67.2 Å². The lowest BCUT2D eigenvalue weighted by Gasteiger charge is -2.29. The first-order chi connectivity index (χ1) is 5.08. The van der Waals surface area contributed by atoms with E-state index in [4.69, 9.17) is 5.26 Å². The summed E-state index contributed by atoms with van der Waals surface area (Å²) in [7, 11) is 0. The number of rotatable bonds is 0. The molecule has 0 aromatic carbocycles. The van der Waals surface area contributed by atoms with Crippen molar-refractivity contribution in [3.05, 3.63) is 11.1 Å². The van der Waals surface area contributed by atoms with E-state index in [0.29, 0.717) is 0 Å². The van der Waals surface area contributed by atoms with Gasteiger partial charge in [-0.05, 0) is 38.7 Å². The van der Waals surface area contributed by atoms with E-state index in [2.05, 4.69) is 6.07 Å². The van der Waals surface area contributed by atoms with Crippen molar-refractivity contribution in [1.82, 2.24) is 0 Å². The Bertz CT molecular complexity index is 232. The summed E-state index contributed by atoms with van der Waals surface area (Å²) in [4.78, 5) is 0. The fourth-order valence-electron chi connectivity index (χ4n) is 1.45. The number of hydrogen-bond acceptors (Lipinski definition) is 2. The molecule has 0 radical (unpaired) electrons. The van der Waals surface area contributed by atoms with Crippen LogP contribution in [0.25, 0.3) is 0 Å². The lowest BCUT2D eigenvalue weighted by atomic mass is 9.81. The van der Waals surface area contributed by atoms with Crippen LogP contribution in [-0.2, 0) is 0 Å². The van der Waals surface area contributed by atoms with Crippen LogP contribution in [0.1, 0.15) is 33.1 Å². The summed E-state index contributed by atoms with van der Waals surface area (Å²) in [5.74, 6) is 0. The lowest BCUT2D eigenvalue weighted by Crippen LogP contribution is -2.29. The molecule has 0 aliphatic heterocycles.